The zero-order chi connectivity index (χ0) is 20.1. The van der Waals surface area contributed by atoms with E-state index in [0.717, 1.165) is 22.3 Å². The van der Waals surface area contributed by atoms with Crippen LogP contribution in [0.2, 0.25) is 0 Å². The second-order valence-corrected chi connectivity index (χ2v) is 7.07. The predicted molar refractivity (Wildman–Crippen MR) is 114 cm³/mol. The summed E-state index contributed by atoms with van der Waals surface area (Å²) in [5.41, 5.74) is 6.13. The van der Waals surface area contributed by atoms with Crippen LogP contribution in [0.15, 0.2) is 89.5 Å². The van der Waals surface area contributed by atoms with Gasteiger partial charge in [-0.25, -0.2) is 0 Å². The van der Waals surface area contributed by atoms with E-state index < -0.39 is 0 Å². The van der Waals surface area contributed by atoms with Gasteiger partial charge in [0, 0.05) is 11.6 Å². The lowest BCUT2D eigenvalue weighted by Gasteiger charge is -2.04. The number of carbonyl (C=O) groups excluding carboxylic acids is 1. The topological polar surface area (TPSA) is 55.1 Å². The van der Waals surface area contributed by atoms with Crippen molar-refractivity contribution in [2.75, 3.05) is 0 Å². The first kappa shape index (κ1) is 18.7. The molecule has 4 nitrogen and oxygen atoms in total. The van der Waals surface area contributed by atoms with Crippen LogP contribution in [-0.2, 0) is 17.8 Å². The number of hydrogen-bond donors (Lipinski definition) is 1. The van der Waals surface area contributed by atoms with Crippen LogP contribution in [0.1, 0.15) is 16.8 Å². The second kappa shape index (κ2) is 8.57. The molecule has 0 saturated carbocycles. The van der Waals surface area contributed by atoms with E-state index in [0.29, 0.717) is 24.4 Å². The summed E-state index contributed by atoms with van der Waals surface area (Å²) < 4.78 is 5.46. The maximum atomic E-state index is 12.2. The number of nitrogens with one attached hydrogen (secondary N) is 1. The van der Waals surface area contributed by atoms with Gasteiger partial charge >= 0.3 is 0 Å². The van der Waals surface area contributed by atoms with Crippen molar-refractivity contribution in [2.24, 2.45) is 0 Å². The first-order valence-corrected chi connectivity index (χ1v) is 9.61. The van der Waals surface area contributed by atoms with Crippen molar-refractivity contribution in [1.82, 2.24) is 10.5 Å². The molecule has 1 aromatic heterocycles. The lowest BCUT2D eigenvalue weighted by Crippen LogP contribution is -2.24. The van der Waals surface area contributed by atoms with Gasteiger partial charge < -0.3 is 9.84 Å². The Morgan fingerprint density at radius 2 is 1.59 bits per heavy atom. The number of nitrogens with zero attached hydrogens (tertiary/aromatic N) is 1. The third kappa shape index (κ3) is 4.79. The van der Waals surface area contributed by atoms with Crippen LogP contribution >= 0.6 is 0 Å². The zero-order valence-corrected chi connectivity index (χ0v) is 16.3. The second-order valence-electron chi connectivity index (χ2n) is 7.07. The van der Waals surface area contributed by atoms with E-state index in [4.69, 9.17) is 4.52 Å². The van der Waals surface area contributed by atoms with E-state index in [-0.39, 0.29) is 5.91 Å². The fraction of sp³-hybridized carbons (Fsp3) is 0.120. The molecule has 1 amide bonds. The van der Waals surface area contributed by atoms with Gasteiger partial charge in [0.1, 0.15) is 5.69 Å². The van der Waals surface area contributed by atoms with Crippen molar-refractivity contribution in [2.45, 2.75) is 19.9 Å². The standard InChI is InChI=1S/C25H22N2O2/c1-18-6-5-7-19(14-18)15-25(28)26-17-23-16-24(29-27-23)22-12-10-21(11-13-22)20-8-3-2-4-9-20/h2-14,16H,15,17H2,1H3,(H,26,28). The van der Waals surface area contributed by atoms with E-state index in [1.54, 1.807) is 0 Å². The Labute approximate surface area is 170 Å². The van der Waals surface area contributed by atoms with E-state index in [1.807, 2.05) is 67.6 Å². The molecule has 0 unspecified atom stereocenters. The summed E-state index contributed by atoms with van der Waals surface area (Å²) >= 11 is 0. The first-order valence-electron chi connectivity index (χ1n) is 9.61. The van der Waals surface area contributed by atoms with Gasteiger partial charge in [0.25, 0.3) is 0 Å². The van der Waals surface area contributed by atoms with Crippen LogP contribution in [-0.4, -0.2) is 11.1 Å². The number of aryl methyl sites for hydroxylation is 1. The number of benzene rings is 3. The lowest BCUT2D eigenvalue weighted by molar-refractivity contribution is -0.120. The zero-order valence-electron chi connectivity index (χ0n) is 16.3. The summed E-state index contributed by atoms with van der Waals surface area (Å²) in [7, 11) is 0. The SMILES string of the molecule is Cc1cccc(CC(=O)NCc2cc(-c3ccc(-c4ccccc4)cc3)on2)c1. The Balaban J connectivity index is 1.36. The van der Waals surface area contributed by atoms with Gasteiger partial charge in [-0.15, -0.1) is 0 Å². The fourth-order valence-corrected chi connectivity index (χ4v) is 3.25. The van der Waals surface area contributed by atoms with Gasteiger partial charge in [-0.2, -0.15) is 0 Å². The number of aromatic nitrogens is 1. The molecule has 0 fully saturated rings. The Kier molecular flexibility index (Phi) is 5.52. The van der Waals surface area contributed by atoms with Gasteiger partial charge in [-0.05, 0) is 23.6 Å². The monoisotopic (exact) mass is 382 g/mol. The summed E-state index contributed by atoms with van der Waals surface area (Å²) in [5, 5.41) is 6.98. The number of hydrogen-bond acceptors (Lipinski definition) is 3. The van der Waals surface area contributed by atoms with Crippen molar-refractivity contribution in [3.63, 3.8) is 0 Å². The minimum Gasteiger partial charge on any atom is -0.356 e. The van der Waals surface area contributed by atoms with Crippen LogP contribution in [0.4, 0.5) is 0 Å². The van der Waals surface area contributed by atoms with Gasteiger partial charge in [0.2, 0.25) is 5.91 Å². The van der Waals surface area contributed by atoms with Crippen LogP contribution in [0.3, 0.4) is 0 Å². The quantitative estimate of drug-likeness (QED) is 0.500. The van der Waals surface area contributed by atoms with E-state index in [1.165, 1.54) is 5.56 Å². The molecule has 0 saturated heterocycles. The Morgan fingerprint density at radius 1 is 0.862 bits per heavy atom. The Morgan fingerprint density at radius 3 is 2.34 bits per heavy atom. The van der Waals surface area contributed by atoms with E-state index in [2.05, 4.69) is 34.7 Å². The fourth-order valence-electron chi connectivity index (χ4n) is 3.25. The summed E-state index contributed by atoms with van der Waals surface area (Å²) in [6.07, 6.45) is 0.355. The van der Waals surface area contributed by atoms with Crippen LogP contribution in [0, 0.1) is 6.92 Å². The Bertz CT molecular complexity index is 1100. The maximum absolute atomic E-state index is 12.2. The summed E-state index contributed by atoms with van der Waals surface area (Å²) in [6.45, 7) is 2.36. The summed E-state index contributed by atoms with van der Waals surface area (Å²) in [4.78, 5) is 12.2. The molecular formula is C25H22N2O2. The highest BCUT2D eigenvalue weighted by Gasteiger charge is 2.09. The molecule has 4 aromatic rings. The predicted octanol–water partition coefficient (Wildman–Crippen LogP) is 5.18. The van der Waals surface area contributed by atoms with E-state index in [9.17, 15) is 4.79 Å². The third-order valence-electron chi connectivity index (χ3n) is 4.75. The average molecular weight is 382 g/mol. The molecule has 0 aliphatic heterocycles. The van der Waals surface area contributed by atoms with Gasteiger partial charge in [0.15, 0.2) is 5.76 Å². The highest BCUT2D eigenvalue weighted by atomic mass is 16.5. The van der Waals surface area contributed by atoms with Crippen molar-refractivity contribution in [1.29, 1.82) is 0 Å². The number of rotatable bonds is 6. The molecule has 0 atom stereocenters. The van der Waals surface area contributed by atoms with Gasteiger partial charge in [0.05, 0.1) is 13.0 Å². The number of amides is 1. The molecule has 0 bridgehead atoms. The molecule has 0 aliphatic rings. The Hall–Kier alpha value is -3.66. The molecule has 1 heterocycles. The normalized spacial score (nSPS) is 10.7. The van der Waals surface area contributed by atoms with Gasteiger partial charge in [-0.1, -0.05) is 89.6 Å². The minimum atomic E-state index is -0.0348. The van der Waals surface area contributed by atoms with Gasteiger partial charge in [-0.3, -0.25) is 4.79 Å². The first-order chi connectivity index (χ1) is 14.2. The van der Waals surface area contributed by atoms with Crippen molar-refractivity contribution in [3.8, 4) is 22.5 Å². The lowest BCUT2D eigenvalue weighted by atomic mass is 10.0. The van der Waals surface area contributed by atoms with Crippen molar-refractivity contribution < 1.29 is 9.32 Å². The van der Waals surface area contributed by atoms with Crippen LogP contribution in [0.25, 0.3) is 22.5 Å². The highest BCUT2D eigenvalue weighted by molar-refractivity contribution is 5.78. The highest BCUT2D eigenvalue weighted by Crippen LogP contribution is 2.25. The van der Waals surface area contributed by atoms with E-state index >= 15 is 0 Å². The molecule has 0 radical (unpaired) electrons. The number of carbonyl (C=O) groups is 1. The van der Waals surface area contributed by atoms with Crippen LogP contribution < -0.4 is 5.32 Å². The molecule has 3 aromatic carbocycles. The molecular weight excluding hydrogens is 360 g/mol. The molecule has 4 heteroatoms. The molecule has 0 spiro atoms. The summed E-state index contributed by atoms with van der Waals surface area (Å²) in [5.74, 6) is 0.653. The summed E-state index contributed by atoms with van der Waals surface area (Å²) in [6, 6.07) is 28.2. The van der Waals surface area contributed by atoms with Crippen LogP contribution in [0.5, 0.6) is 0 Å². The maximum Gasteiger partial charge on any atom is 0.224 e. The molecule has 0 aliphatic carbocycles. The third-order valence-corrected chi connectivity index (χ3v) is 4.75. The molecule has 4 rings (SSSR count). The smallest absolute Gasteiger partial charge is 0.224 e. The van der Waals surface area contributed by atoms with Crippen molar-refractivity contribution >= 4 is 5.91 Å². The molecule has 1 N–H and O–H groups in total. The van der Waals surface area contributed by atoms with Crippen molar-refractivity contribution in [3.05, 3.63) is 102 Å². The largest absolute Gasteiger partial charge is 0.356 e. The molecule has 29 heavy (non-hydrogen) atoms. The molecule has 144 valence electrons. The average Bonchev–Trinajstić information content (AvgIpc) is 3.22. The minimum absolute atomic E-state index is 0.0348.